The van der Waals surface area contributed by atoms with Gasteiger partial charge in [0, 0.05) is 23.1 Å². The highest BCUT2D eigenvalue weighted by Crippen LogP contribution is 2.42. The first-order valence-electron chi connectivity index (χ1n) is 5.02. The maximum Gasteiger partial charge on any atom is 0.232 e. The predicted molar refractivity (Wildman–Crippen MR) is 55.2 cm³/mol. The van der Waals surface area contributed by atoms with E-state index in [2.05, 4.69) is 0 Å². The van der Waals surface area contributed by atoms with Crippen LogP contribution >= 0.6 is 0 Å². The summed E-state index contributed by atoms with van der Waals surface area (Å²) >= 11 is 0. The van der Waals surface area contributed by atoms with Crippen molar-refractivity contribution in [3.63, 3.8) is 0 Å². The fourth-order valence-electron chi connectivity index (χ4n) is 2.07. The van der Waals surface area contributed by atoms with Crippen molar-refractivity contribution >= 4 is 11.6 Å². The zero-order valence-corrected chi connectivity index (χ0v) is 9.43. The van der Waals surface area contributed by atoms with Gasteiger partial charge < -0.3 is 4.74 Å². The molecule has 0 radical (unpaired) electrons. The SMILES string of the molecule is CC1=C2CC(C)(C)OC2=C(C)C(=O)C1=O. The molecule has 1 fully saturated rings. The third-order valence-corrected chi connectivity index (χ3v) is 2.94. The number of hydrogen-bond donors (Lipinski definition) is 0. The highest BCUT2D eigenvalue weighted by molar-refractivity contribution is 6.50. The highest BCUT2D eigenvalue weighted by atomic mass is 16.5. The molecule has 0 aromatic rings. The summed E-state index contributed by atoms with van der Waals surface area (Å²) in [4.78, 5) is 23.2. The van der Waals surface area contributed by atoms with Gasteiger partial charge >= 0.3 is 0 Å². The molecule has 0 spiro atoms. The lowest BCUT2D eigenvalue weighted by Crippen LogP contribution is -2.22. The minimum atomic E-state index is -0.427. The molecule has 0 amide bonds. The average molecular weight is 206 g/mol. The van der Waals surface area contributed by atoms with E-state index in [1.54, 1.807) is 13.8 Å². The van der Waals surface area contributed by atoms with Crippen LogP contribution in [0.25, 0.3) is 0 Å². The van der Waals surface area contributed by atoms with Gasteiger partial charge in [0.1, 0.15) is 11.4 Å². The Bertz CT molecular complexity index is 396. The van der Waals surface area contributed by atoms with Gasteiger partial charge in [0.15, 0.2) is 0 Å². The fourth-order valence-corrected chi connectivity index (χ4v) is 2.07. The number of carbonyl (C=O) groups excluding carboxylic acids is 2. The molecule has 1 heterocycles. The monoisotopic (exact) mass is 206 g/mol. The standard InChI is InChI=1S/C12H14O3/c1-6-8-5-12(3,4)15-11(8)7(2)10(14)9(6)13/h5H2,1-4H3. The third kappa shape index (κ3) is 1.34. The van der Waals surface area contributed by atoms with Crippen LogP contribution in [0.4, 0.5) is 0 Å². The van der Waals surface area contributed by atoms with Crippen LogP contribution in [0.15, 0.2) is 22.5 Å². The first-order valence-corrected chi connectivity index (χ1v) is 5.02. The maximum absolute atomic E-state index is 11.6. The van der Waals surface area contributed by atoms with Gasteiger partial charge in [-0.3, -0.25) is 9.59 Å². The Morgan fingerprint density at radius 2 is 1.60 bits per heavy atom. The van der Waals surface area contributed by atoms with Crippen molar-refractivity contribution in [3.05, 3.63) is 22.5 Å². The van der Waals surface area contributed by atoms with Gasteiger partial charge in [0.2, 0.25) is 11.6 Å². The van der Waals surface area contributed by atoms with Gasteiger partial charge in [0.25, 0.3) is 0 Å². The summed E-state index contributed by atoms with van der Waals surface area (Å²) < 4.78 is 5.70. The summed E-state index contributed by atoms with van der Waals surface area (Å²) in [7, 11) is 0. The first kappa shape index (κ1) is 10.1. The van der Waals surface area contributed by atoms with Gasteiger partial charge in [-0.05, 0) is 27.7 Å². The molecule has 1 saturated heterocycles. The van der Waals surface area contributed by atoms with Crippen LogP contribution in [-0.2, 0) is 14.3 Å². The van der Waals surface area contributed by atoms with E-state index < -0.39 is 5.78 Å². The molecule has 0 unspecified atom stereocenters. The lowest BCUT2D eigenvalue weighted by Gasteiger charge is -2.17. The Morgan fingerprint density at radius 1 is 1.07 bits per heavy atom. The number of Topliss-reactive ketones (excluding diaryl/α,β-unsaturated/α-hetero) is 2. The van der Waals surface area contributed by atoms with Crippen LogP contribution in [0, 0.1) is 0 Å². The van der Waals surface area contributed by atoms with E-state index in [0.717, 1.165) is 5.57 Å². The predicted octanol–water partition coefficient (Wildman–Crippen LogP) is 1.93. The van der Waals surface area contributed by atoms with Crippen molar-refractivity contribution in [1.82, 2.24) is 0 Å². The minimum absolute atomic E-state index is 0.307. The Kier molecular flexibility index (Phi) is 1.90. The number of allylic oxidation sites excluding steroid dienone is 3. The molecule has 15 heavy (non-hydrogen) atoms. The molecule has 2 rings (SSSR count). The molecular weight excluding hydrogens is 192 g/mol. The van der Waals surface area contributed by atoms with Crippen LogP contribution in [0.5, 0.6) is 0 Å². The third-order valence-electron chi connectivity index (χ3n) is 2.94. The lowest BCUT2D eigenvalue weighted by atomic mass is 9.87. The van der Waals surface area contributed by atoms with Crippen LogP contribution in [-0.4, -0.2) is 17.2 Å². The molecule has 0 aromatic carbocycles. The van der Waals surface area contributed by atoms with Crippen LogP contribution < -0.4 is 0 Å². The molecule has 3 heteroatoms. The Labute approximate surface area is 88.8 Å². The number of fused-ring (bicyclic) bond motifs is 1. The summed E-state index contributed by atoms with van der Waals surface area (Å²) in [5.41, 5.74) is 1.59. The van der Waals surface area contributed by atoms with Crippen molar-refractivity contribution in [2.45, 2.75) is 39.7 Å². The van der Waals surface area contributed by atoms with Crippen molar-refractivity contribution < 1.29 is 14.3 Å². The summed E-state index contributed by atoms with van der Waals surface area (Å²) in [5.74, 6) is -0.182. The quantitative estimate of drug-likeness (QED) is 0.449. The molecule has 2 aliphatic rings. The summed E-state index contributed by atoms with van der Waals surface area (Å²) in [6.07, 6.45) is 0.699. The molecule has 0 atom stereocenters. The fraction of sp³-hybridized carbons (Fsp3) is 0.500. The lowest BCUT2D eigenvalue weighted by molar-refractivity contribution is -0.132. The molecule has 1 aliphatic heterocycles. The Morgan fingerprint density at radius 3 is 2.20 bits per heavy atom. The molecule has 0 N–H and O–H groups in total. The van der Waals surface area contributed by atoms with E-state index in [4.69, 9.17) is 4.74 Å². The summed E-state index contributed by atoms with van der Waals surface area (Å²) in [6, 6.07) is 0. The van der Waals surface area contributed by atoms with E-state index in [9.17, 15) is 9.59 Å². The number of hydrogen-bond acceptors (Lipinski definition) is 3. The molecule has 1 aliphatic carbocycles. The zero-order chi connectivity index (χ0) is 11.4. The van der Waals surface area contributed by atoms with Crippen LogP contribution in [0.3, 0.4) is 0 Å². The van der Waals surface area contributed by atoms with E-state index >= 15 is 0 Å². The summed E-state index contributed by atoms with van der Waals surface area (Å²) in [6.45, 7) is 7.28. The Balaban J connectivity index is 2.62. The van der Waals surface area contributed by atoms with E-state index in [0.29, 0.717) is 23.3 Å². The van der Waals surface area contributed by atoms with Crippen LogP contribution in [0.1, 0.15) is 34.1 Å². The number of carbonyl (C=O) groups is 2. The van der Waals surface area contributed by atoms with Crippen molar-refractivity contribution in [1.29, 1.82) is 0 Å². The van der Waals surface area contributed by atoms with E-state index in [1.165, 1.54) is 0 Å². The second-order valence-corrected chi connectivity index (χ2v) is 4.75. The minimum Gasteiger partial charge on any atom is -0.487 e. The van der Waals surface area contributed by atoms with Gasteiger partial charge in [-0.25, -0.2) is 0 Å². The molecule has 0 saturated carbocycles. The Hall–Kier alpha value is -1.38. The highest BCUT2D eigenvalue weighted by Gasteiger charge is 2.41. The normalized spacial score (nSPS) is 24.5. The molecule has 3 nitrogen and oxygen atoms in total. The maximum atomic E-state index is 11.6. The van der Waals surface area contributed by atoms with E-state index in [1.807, 2.05) is 13.8 Å². The van der Waals surface area contributed by atoms with E-state index in [-0.39, 0.29) is 11.4 Å². The van der Waals surface area contributed by atoms with Crippen molar-refractivity contribution in [2.24, 2.45) is 0 Å². The summed E-state index contributed by atoms with van der Waals surface area (Å²) in [5, 5.41) is 0. The van der Waals surface area contributed by atoms with Crippen LogP contribution in [0.2, 0.25) is 0 Å². The van der Waals surface area contributed by atoms with Gasteiger partial charge in [-0.1, -0.05) is 0 Å². The van der Waals surface area contributed by atoms with Crippen molar-refractivity contribution in [3.8, 4) is 0 Å². The average Bonchev–Trinajstić information content (AvgIpc) is 2.48. The molecule has 0 bridgehead atoms. The number of ketones is 2. The second-order valence-electron chi connectivity index (χ2n) is 4.75. The number of ether oxygens (including phenoxy) is 1. The smallest absolute Gasteiger partial charge is 0.232 e. The second kappa shape index (κ2) is 2.81. The van der Waals surface area contributed by atoms with Gasteiger partial charge in [-0.15, -0.1) is 0 Å². The van der Waals surface area contributed by atoms with Gasteiger partial charge in [-0.2, -0.15) is 0 Å². The largest absolute Gasteiger partial charge is 0.487 e. The number of rotatable bonds is 0. The zero-order valence-electron chi connectivity index (χ0n) is 9.43. The molecule has 80 valence electrons. The first-order chi connectivity index (χ1) is 6.83. The molecular formula is C12H14O3. The molecule has 0 aromatic heterocycles. The van der Waals surface area contributed by atoms with Crippen molar-refractivity contribution in [2.75, 3.05) is 0 Å². The van der Waals surface area contributed by atoms with Gasteiger partial charge in [0.05, 0.1) is 0 Å². The topological polar surface area (TPSA) is 43.4 Å².